The van der Waals surface area contributed by atoms with Gasteiger partial charge in [0, 0.05) is 12.0 Å². The van der Waals surface area contributed by atoms with E-state index in [4.69, 9.17) is 29.8 Å². The zero-order chi connectivity index (χ0) is 25.4. The average Bonchev–Trinajstić information content (AvgIpc) is 2.76. The van der Waals surface area contributed by atoms with Crippen LogP contribution in [0.25, 0.3) is 0 Å². The van der Waals surface area contributed by atoms with E-state index in [1.165, 1.54) is 0 Å². The number of hydrogen-bond acceptors (Lipinski definition) is 7. The predicted molar refractivity (Wildman–Crippen MR) is 128 cm³/mol. The summed E-state index contributed by atoms with van der Waals surface area (Å²) in [4.78, 5) is 23.4. The number of rotatable bonds is 14. The van der Waals surface area contributed by atoms with Gasteiger partial charge in [0.15, 0.2) is 0 Å². The van der Waals surface area contributed by atoms with Gasteiger partial charge in [0.05, 0.1) is 45.2 Å². The van der Waals surface area contributed by atoms with Gasteiger partial charge in [-0.05, 0) is 51.8 Å². The van der Waals surface area contributed by atoms with Gasteiger partial charge in [0.2, 0.25) is 5.91 Å². The molecule has 0 aliphatic heterocycles. The summed E-state index contributed by atoms with van der Waals surface area (Å²) in [5.41, 5.74) is 6.44. The molecule has 0 bridgehead atoms. The number of carbonyl (C=O) groups excluding carboxylic acids is 2. The van der Waals surface area contributed by atoms with Gasteiger partial charge in [0.1, 0.15) is 12.2 Å². The molecule has 0 aliphatic carbocycles. The highest BCUT2D eigenvalue weighted by atomic mass is 16.6. The van der Waals surface area contributed by atoms with Gasteiger partial charge in [-0.3, -0.25) is 4.79 Å². The van der Waals surface area contributed by atoms with E-state index < -0.39 is 23.6 Å². The van der Waals surface area contributed by atoms with Crippen LogP contribution < -0.4 is 11.1 Å². The van der Waals surface area contributed by atoms with Gasteiger partial charge in [-0.25, -0.2) is 4.79 Å². The van der Waals surface area contributed by atoms with Crippen LogP contribution in [-0.2, 0) is 30.3 Å². The standard InChI is InChI=1S/C25H38N2O7/c1-19(22(11-12-23(26)29)27-24(30)34-25(2,3)4)33-18-21-9-7-20(8-10-21)6-5-14-31-16-17-32-15-13-28/h7-10,19,22,28H,11-18H2,1-4H3,(H2,26,29)(H,27,30)/t19-,22+/m1/s1. The minimum Gasteiger partial charge on any atom is -0.444 e. The highest BCUT2D eigenvalue weighted by molar-refractivity contribution is 5.74. The maximum atomic E-state index is 12.2. The van der Waals surface area contributed by atoms with Crippen LogP contribution in [0.3, 0.4) is 0 Å². The summed E-state index contributed by atoms with van der Waals surface area (Å²) >= 11 is 0. The zero-order valence-corrected chi connectivity index (χ0v) is 20.6. The Hall–Kier alpha value is -2.64. The predicted octanol–water partition coefficient (Wildman–Crippen LogP) is 2.13. The first-order valence-corrected chi connectivity index (χ1v) is 11.3. The molecule has 34 heavy (non-hydrogen) atoms. The number of aliphatic hydroxyl groups excluding tert-OH is 1. The molecule has 1 rings (SSSR count). The van der Waals surface area contributed by atoms with Gasteiger partial charge < -0.3 is 35.1 Å². The van der Waals surface area contributed by atoms with Crippen molar-refractivity contribution < 1.29 is 33.6 Å². The molecule has 0 saturated carbocycles. The normalized spacial score (nSPS) is 12.9. The second kappa shape index (κ2) is 16.1. The monoisotopic (exact) mass is 478 g/mol. The highest BCUT2D eigenvalue weighted by Crippen LogP contribution is 2.13. The van der Waals surface area contributed by atoms with Crippen LogP contribution in [0.1, 0.15) is 51.7 Å². The minimum atomic E-state index is -0.631. The first-order chi connectivity index (χ1) is 16.1. The van der Waals surface area contributed by atoms with Crippen molar-refractivity contribution >= 4 is 12.0 Å². The fourth-order valence-electron chi connectivity index (χ4n) is 2.75. The molecule has 2 atom stereocenters. The Morgan fingerprint density at radius 3 is 2.41 bits per heavy atom. The molecule has 9 heteroatoms. The lowest BCUT2D eigenvalue weighted by Crippen LogP contribution is -2.45. The zero-order valence-electron chi connectivity index (χ0n) is 20.6. The van der Waals surface area contributed by atoms with Crippen molar-refractivity contribution in [3.05, 3.63) is 35.4 Å². The fraction of sp³-hybridized carbons (Fsp3) is 0.600. The van der Waals surface area contributed by atoms with E-state index in [0.29, 0.717) is 39.5 Å². The molecule has 0 saturated heterocycles. The van der Waals surface area contributed by atoms with Crippen molar-refractivity contribution in [2.45, 2.75) is 64.9 Å². The second-order valence-corrected chi connectivity index (χ2v) is 8.66. The lowest BCUT2D eigenvalue weighted by Gasteiger charge is -2.27. The van der Waals surface area contributed by atoms with Crippen molar-refractivity contribution in [3.63, 3.8) is 0 Å². The Kier molecular flexibility index (Phi) is 13.9. The number of nitrogens with one attached hydrogen (secondary N) is 1. The minimum absolute atomic E-state index is 0.00139. The number of benzene rings is 1. The molecule has 0 radical (unpaired) electrons. The third-order valence-electron chi connectivity index (χ3n) is 4.45. The number of carbonyl (C=O) groups is 2. The van der Waals surface area contributed by atoms with E-state index in [0.717, 1.165) is 11.1 Å². The fourth-order valence-corrected chi connectivity index (χ4v) is 2.75. The van der Waals surface area contributed by atoms with Gasteiger partial charge >= 0.3 is 6.09 Å². The van der Waals surface area contributed by atoms with Crippen LogP contribution >= 0.6 is 0 Å². The number of primary amides is 1. The summed E-state index contributed by atoms with van der Waals surface area (Å²) < 4.78 is 21.7. The molecule has 0 aliphatic rings. The summed E-state index contributed by atoms with van der Waals surface area (Å²) in [6.07, 6.45) is -0.465. The number of aliphatic hydroxyl groups is 1. The number of alkyl carbamates (subject to hydrolysis) is 1. The summed E-state index contributed by atoms with van der Waals surface area (Å²) in [5, 5.41) is 11.4. The Morgan fingerprint density at radius 1 is 1.12 bits per heavy atom. The third kappa shape index (κ3) is 14.5. The van der Waals surface area contributed by atoms with Gasteiger partial charge in [0.25, 0.3) is 0 Å². The Bertz CT molecular complexity index is 794. The van der Waals surface area contributed by atoms with E-state index in [1.54, 1.807) is 20.8 Å². The molecule has 0 spiro atoms. The lowest BCUT2D eigenvalue weighted by atomic mass is 10.1. The second-order valence-electron chi connectivity index (χ2n) is 8.66. The van der Waals surface area contributed by atoms with Gasteiger partial charge in [-0.1, -0.05) is 24.0 Å². The number of nitrogens with two attached hydrogens (primary N) is 1. The Morgan fingerprint density at radius 2 is 1.79 bits per heavy atom. The Balaban J connectivity index is 2.52. The number of amides is 2. The molecule has 190 valence electrons. The van der Waals surface area contributed by atoms with E-state index in [2.05, 4.69) is 17.2 Å². The number of hydrogen-bond donors (Lipinski definition) is 3. The van der Waals surface area contributed by atoms with Crippen molar-refractivity contribution in [1.29, 1.82) is 0 Å². The summed E-state index contributed by atoms with van der Waals surface area (Å²) in [6, 6.07) is 7.19. The van der Waals surface area contributed by atoms with E-state index in [9.17, 15) is 9.59 Å². The molecule has 4 N–H and O–H groups in total. The SMILES string of the molecule is C[C@@H](OCc1ccc(C#CCOCCOCCO)cc1)[C@H](CCC(N)=O)NC(=O)OC(C)(C)C. The molecular formula is C25H38N2O7. The molecular weight excluding hydrogens is 440 g/mol. The average molecular weight is 479 g/mol. The van der Waals surface area contributed by atoms with Crippen LogP contribution in [-0.4, -0.2) is 67.9 Å². The van der Waals surface area contributed by atoms with Crippen LogP contribution in [0.15, 0.2) is 24.3 Å². The van der Waals surface area contributed by atoms with Gasteiger partial charge in [-0.2, -0.15) is 0 Å². The molecule has 1 aromatic rings. The van der Waals surface area contributed by atoms with Crippen LogP contribution in [0.5, 0.6) is 0 Å². The Labute approximate surface area is 202 Å². The molecule has 0 heterocycles. The van der Waals surface area contributed by atoms with Crippen LogP contribution in [0.2, 0.25) is 0 Å². The van der Waals surface area contributed by atoms with Crippen molar-refractivity contribution in [2.24, 2.45) is 5.73 Å². The highest BCUT2D eigenvalue weighted by Gasteiger charge is 2.24. The molecule has 0 aromatic heterocycles. The molecule has 2 amide bonds. The van der Waals surface area contributed by atoms with Gasteiger partial charge in [-0.15, -0.1) is 0 Å². The van der Waals surface area contributed by atoms with E-state index in [1.807, 2.05) is 31.2 Å². The van der Waals surface area contributed by atoms with Crippen molar-refractivity contribution in [1.82, 2.24) is 5.32 Å². The first kappa shape index (κ1) is 29.4. The molecule has 9 nitrogen and oxygen atoms in total. The number of ether oxygens (including phenoxy) is 4. The smallest absolute Gasteiger partial charge is 0.407 e. The van der Waals surface area contributed by atoms with Crippen LogP contribution in [0.4, 0.5) is 4.79 Å². The quantitative estimate of drug-likeness (QED) is 0.276. The largest absolute Gasteiger partial charge is 0.444 e. The molecule has 0 fully saturated rings. The lowest BCUT2D eigenvalue weighted by molar-refractivity contribution is -0.118. The van der Waals surface area contributed by atoms with Crippen molar-refractivity contribution in [3.8, 4) is 11.8 Å². The summed E-state index contributed by atoms with van der Waals surface area (Å²) in [6.45, 7) is 8.94. The van der Waals surface area contributed by atoms with E-state index in [-0.39, 0.29) is 19.1 Å². The third-order valence-corrected chi connectivity index (χ3v) is 4.45. The maximum absolute atomic E-state index is 12.2. The topological polar surface area (TPSA) is 129 Å². The van der Waals surface area contributed by atoms with Crippen LogP contribution in [0, 0.1) is 11.8 Å². The molecule has 1 aromatic carbocycles. The first-order valence-electron chi connectivity index (χ1n) is 11.3. The van der Waals surface area contributed by atoms with Crippen molar-refractivity contribution in [2.75, 3.05) is 33.0 Å². The molecule has 0 unspecified atom stereocenters. The summed E-state index contributed by atoms with van der Waals surface area (Å²) in [7, 11) is 0. The maximum Gasteiger partial charge on any atom is 0.407 e. The van der Waals surface area contributed by atoms with E-state index >= 15 is 0 Å². The summed E-state index contributed by atoms with van der Waals surface area (Å²) in [5.74, 6) is 5.51.